The number of ether oxygens (including phenoxy) is 1. The van der Waals surface area contributed by atoms with E-state index < -0.39 is 17.2 Å². The number of fused-ring (bicyclic) bond motifs is 1. The summed E-state index contributed by atoms with van der Waals surface area (Å²) in [5, 5.41) is 20.9. The lowest BCUT2D eigenvalue weighted by Gasteiger charge is -2.28. The molecule has 0 bridgehead atoms. The lowest BCUT2D eigenvalue weighted by atomic mass is 9.84. The highest BCUT2D eigenvalue weighted by molar-refractivity contribution is 6.03. The monoisotopic (exact) mass is 465 g/mol. The zero-order chi connectivity index (χ0) is 24.8. The molecule has 0 unspecified atom stereocenters. The molecule has 0 saturated heterocycles. The van der Waals surface area contributed by atoms with E-state index in [1.165, 1.54) is 24.3 Å². The SMILES string of the molecule is COCC(C)(C)c1c(-c2ccc(F)c(C)c2)c2cc(F)cc(O)c2n1-c1cccc(C(=O)O)c1. The van der Waals surface area contributed by atoms with Crippen molar-refractivity contribution in [2.24, 2.45) is 0 Å². The summed E-state index contributed by atoms with van der Waals surface area (Å²) in [4.78, 5) is 11.7. The Balaban J connectivity index is 2.24. The summed E-state index contributed by atoms with van der Waals surface area (Å²) in [6.45, 7) is 5.80. The summed E-state index contributed by atoms with van der Waals surface area (Å²) in [6.07, 6.45) is 0. The van der Waals surface area contributed by atoms with E-state index in [1.807, 2.05) is 13.8 Å². The second-order valence-corrected chi connectivity index (χ2v) is 9.02. The molecule has 5 nitrogen and oxygen atoms in total. The Morgan fingerprint density at radius 1 is 1.09 bits per heavy atom. The van der Waals surface area contributed by atoms with Crippen LogP contribution in [0.1, 0.15) is 35.5 Å². The highest BCUT2D eigenvalue weighted by Gasteiger charge is 2.33. The van der Waals surface area contributed by atoms with Crippen LogP contribution >= 0.6 is 0 Å². The molecule has 0 aliphatic heterocycles. The molecule has 0 radical (unpaired) electrons. The van der Waals surface area contributed by atoms with Crippen LogP contribution in [0.25, 0.3) is 27.7 Å². The Morgan fingerprint density at radius 3 is 2.47 bits per heavy atom. The fourth-order valence-electron chi connectivity index (χ4n) is 4.56. The first-order valence-corrected chi connectivity index (χ1v) is 10.7. The Bertz CT molecular complexity index is 1420. The van der Waals surface area contributed by atoms with E-state index in [0.717, 1.165) is 6.07 Å². The van der Waals surface area contributed by atoms with Gasteiger partial charge in [0.05, 0.1) is 17.7 Å². The normalized spacial score (nSPS) is 11.8. The zero-order valence-electron chi connectivity index (χ0n) is 19.3. The number of nitrogens with zero attached hydrogens (tertiary/aromatic N) is 1. The number of aromatic nitrogens is 1. The molecule has 1 heterocycles. The number of halogens is 2. The van der Waals surface area contributed by atoms with Crippen LogP contribution in [-0.2, 0) is 10.2 Å². The van der Waals surface area contributed by atoms with Crippen LogP contribution in [0.4, 0.5) is 8.78 Å². The number of methoxy groups -OCH3 is 1. The number of hydrogen-bond acceptors (Lipinski definition) is 3. The first-order valence-electron chi connectivity index (χ1n) is 10.7. The van der Waals surface area contributed by atoms with E-state index in [9.17, 15) is 23.8 Å². The van der Waals surface area contributed by atoms with Gasteiger partial charge in [0.15, 0.2) is 0 Å². The third-order valence-electron chi connectivity index (χ3n) is 5.95. The van der Waals surface area contributed by atoms with Crippen LogP contribution < -0.4 is 0 Å². The molecule has 0 aliphatic carbocycles. The first kappa shape index (κ1) is 23.4. The largest absolute Gasteiger partial charge is 0.506 e. The summed E-state index contributed by atoms with van der Waals surface area (Å²) in [5.41, 5.74) is 2.53. The topological polar surface area (TPSA) is 71.7 Å². The van der Waals surface area contributed by atoms with Crippen molar-refractivity contribution in [2.75, 3.05) is 13.7 Å². The molecule has 4 rings (SSSR count). The van der Waals surface area contributed by atoms with Crippen molar-refractivity contribution in [1.29, 1.82) is 0 Å². The zero-order valence-corrected chi connectivity index (χ0v) is 19.3. The maximum atomic E-state index is 14.6. The summed E-state index contributed by atoms with van der Waals surface area (Å²) < 4.78 is 35.9. The predicted octanol–water partition coefficient (Wildman–Crippen LogP) is 6.21. The minimum absolute atomic E-state index is 0.0654. The molecule has 0 atom stereocenters. The number of hydrogen-bond donors (Lipinski definition) is 2. The van der Waals surface area contributed by atoms with Gasteiger partial charge in [0.25, 0.3) is 0 Å². The van der Waals surface area contributed by atoms with Crippen LogP contribution in [0.15, 0.2) is 54.6 Å². The van der Waals surface area contributed by atoms with Crippen LogP contribution in [0.5, 0.6) is 5.75 Å². The number of aromatic carboxylic acids is 1. The van der Waals surface area contributed by atoms with E-state index in [0.29, 0.717) is 39.0 Å². The maximum Gasteiger partial charge on any atom is 0.335 e. The van der Waals surface area contributed by atoms with Gasteiger partial charge < -0.3 is 19.5 Å². The Kier molecular flexibility index (Phi) is 5.91. The van der Waals surface area contributed by atoms with E-state index >= 15 is 0 Å². The summed E-state index contributed by atoms with van der Waals surface area (Å²) >= 11 is 0. The van der Waals surface area contributed by atoms with Crippen molar-refractivity contribution in [3.8, 4) is 22.6 Å². The summed E-state index contributed by atoms with van der Waals surface area (Å²) in [5.74, 6) is -2.39. The number of carboxylic acids is 1. The molecule has 3 aromatic carbocycles. The molecule has 7 heteroatoms. The molecule has 0 amide bonds. The van der Waals surface area contributed by atoms with Crippen molar-refractivity contribution >= 4 is 16.9 Å². The summed E-state index contributed by atoms with van der Waals surface area (Å²) in [6, 6.07) is 13.3. The first-order chi connectivity index (χ1) is 16.0. The minimum atomic E-state index is -1.10. The van der Waals surface area contributed by atoms with Crippen LogP contribution in [0, 0.1) is 18.6 Å². The molecule has 0 saturated carbocycles. The number of carboxylic acid groups (broad SMARTS) is 1. The van der Waals surface area contributed by atoms with Crippen LogP contribution in [-0.4, -0.2) is 34.5 Å². The van der Waals surface area contributed by atoms with Gasteiger partial charge in [0.1, 0.15) is 17.4 Å². The fraction of sp³-hybridized carbons (Fsp3) is 0.222. The van der Waals surface area contributed by atoms with Gasteiger partial charge in [-0.3, -0.25) is 0 Å². The van der Waals surface area contributed by atoms with E-state index in [4.69, 9.17) is 4.74 Å². The van der Waals surface area contributed by atoms with Gasteiger partial charge >= 0.3 is 5.97 Å². The third-order valence-corrected chi connectivity index (χ3v) is 5.95. The van der Waals surface area contributed by atoms with E-state index in [2.05, 4.69) is 0 Å². The lowest BCUT2D eigenvalue weighted by molar-refractivity contribution is 0.0697. The third kappa shape index (κ3) is 3.92. The predicted molar refractivity (Wildman–Crippen MR) is 127 cm³/mol. The van der Waals surface area contributed by atoms with Gasteiger partial charge in [-0.15, -0.1) is 0 Å². The molecule has 0 spiro atoms. The van der Waals surface area contributed by atoms with Crippen molar-refractivity contribution in [3.05, 3.63) is 83.1 Å². The van der Waals surface area contributed by atoms with Gasteiger partial charge in [0, 0.05) is 40.9 Å². The van der Waals surface area contributed by atoms with Crippen LogP contribution in [0.2, 0.25) is 0 Å². The number of rotatable bonds is 6. The molecular weight excluding hydrogens is 440 g/mol. The van der Waals surface area contributed by atoms with Crippen molar-refractivity contribution in [1.82, 2.24) is 4.57 Å². The fourth-order valence-corrected chi connectivity index (χ4v) is 4.56. The standard InChI is InChI=1S/C27H25F2NO4/c1-15-10-16(8-9-21(15)29)23-20-12-18(28)13-22(31)24(20)30(25(23)27(2,3)14-34-4)19-7-5-6-17(11-19)26(32)33/h5-13,31H,14H2,1-4H3,(H,32,33). The van der Waals surface area contributed by atoms with Gasteiger partial charge in [0.2, 0.25) is 0 Å². The summed E-state index contributed by atoms with van der Waals surface area (Å²) in [7, 11) is 1.57. The smallest absolute Gasteiger partial charge is 0.335 e. The average molecular weight is 465 g/mol. The number of phenolic OH excluding ortho intramolecular Hbond substituents is 1. The van der Waals surface area contributed by atoms with Crippen LogP contribution in [0.3, 0.4) is 0 Å². The number of carbonyl (C=O) groups is 1. The highest BCUT2D eigenvalue weighted by atomic mass is 19.1. The molecule has 176 valence electrons. The van der Waals surface area contributed by atoms with Gasteiger partial charge in [-0.25, -0.2) is 13.6 Å². The molecule has 1 aromatic heterocycles. The van der Waals surface area contributed by atoms with Crippen molar-refractivity contribution in [3.63, 3.8) is 0 Å². The molecule has 0 aliphatic rings. The number of phenols is 1. The van der Waals surface area contributed by atoms with E-state index in [-0.39, 0.29) is 23.7 Å². The second-order valence-electron chi connectivity index (χ2n) is 9.02. The number of aryl methyl sites for hydroxylation is 1. The minimum Gasteiger partial charge on any atom is -0.506 e. The van der Waals surface area contributed by atoms with Gasteiger partial charge in [-0.05, 0) is 54.4 Å². The van der Waals surface area contributed by atoms with Crippen molar-refractivity contribution < 1.29 is 28.5 Å². The highest BCUT2D eigenvalue weighted by Crippen LogP contribution is 2.46. The van der Waals surface area contributed by atoms with Crippen molar-refractivity contribution in [2.45, 2.75) is 26.2 Å². The number of aromatic hydroxyl groups is 1. The van der Waals surface area contributed by atoms with Gasteiger partial charge in [-0.1, -0.05) is 26.0 Å². The Morgan fingerprint density at radius 2 is 1.82 bits per heavy atom. The molecule has 2 N–H and O–H groups in total. The number of benzene rings is 3. The maximum absolute atomic E-state index is 14.6. The molecule has 0 fully saturated rings. The Labute approximate surface area is 195 Å². The molecule has 34 heavy (non-hydrogen) atoms. The van der Waals surface area contributed by atoms with Gasteiger partial charge in [-0.2, -0.15) is 0 Å². The lowest BCUT2D eigenvalue weighted by Crippen LogP contribution is -2.27. The second kappa shape index (κ2) is 8.57. The van der Waals surface area contributed by atoms with E-state index in [1.54, 1.807) is 42.9 Å². The molecule has 4 aromatic rings. The molecular formula is C27H25F2NO4. The average Bonchev–Trinajstić information content (AvgIpc) is 3.12. The Hall–Kier alpha value is -3.71. The quantitative estimate of drug-likeness (QED) is 0.355.